The molecule has 257 valence electrons. The maximum atomic E-state index is 2.91. The molecule has 1 aliphatic heterocycles. The average Bonchev–Trinajstić information content (AvgIpc) is 2.69. The molecule has 2 aromatic carbocycles. The number of hydrogen-bond donors (Lipinski definition) is 0. The first-order valence-corrected chi connectivity index (χ1v) is 49.5. The first-order valence-electron chi connectivity index (χ1n) is 17.8. The predicted molar refractivity (Wildman–Crippen MR) is 241 cm³/mol. The summed E-state index contributed by atoms with van der Waals surface area (Å²) in [5.41, 5.74) is 11.9. The van der Waals surface area contributed by atoms with Crippen molar-refractivity contribution in [2.75, 3.05) is 0 Å². The zero-order valence-corrected chi connectivity index (χ0v) is 44.4. The Kier molecular flexibility index (Phi) is 12.7. The molecule has 1 fully saturated rings. The second-order valence-corrected chi connectivity index (χ2v) is 70.9. The molecule has 0 aromatic heterocycles. The summed E-state index contributed by atoms with van der Waals surface area (Å²) in [6, 6.07) is 10.7. The van der Waals surface area contributed by atoms with Gasteiger partial charge >= 0.3 is 309 Å². The van der Waals surface area contributed by atoms with Gasteiger partial charge in [0, 0.05) is 0 Å². The molecule has 0 spiro atoms. The zero-order valence-electron chi connectivity index (χ0n) is 33.9. The van der Waals surface area contributed by atoms with Crippen LogP contribution in [-0.4, -0.2) is 70.7 Å². The normalized spacial score (nSPS) is 16.2. The standard InChI is InChI=1S/C27H59BS2Si6.C9H11.Sn/c1-31(2,3)25(32(4,5)6)21-19-22(26(33(7,8)9)34(10,11)12)24(28(29)30)23(20-21)27(35(13,14)15)36(16,17)18;1-7-4-8(2)6-9(3)5-7;/h19-20,25-27H,1-18H3;4-5H,1-3H3;/q-2;;+2. The van der Waals surface area contributed by atoms with Crippen LogP contribution in [-0.2, 0) is 0 Å². The SMILES string of the molecule is Cc1cc(C)[c]([Sn]2[S]B(c3c(C([Si](C)(C)C)[Si](C)(C)C)cc(C([Si](C)(C)C)[Si](C)(C)C)cc3C([Si](C)(C)C)[Si](C)(C)C)[S]2)c(C)c1. The molecule has 2 aromatic rings. The van der Waals surface area contributed by atoms with Gasteiger partial charge in [-0.3, -0.25) is 0 Å². The van der Waals surface area contributed by atoms with Gasteiger partial charge in [0.15, 0.2) is 0 Å². The Bertz CT molecular complexity index is 1300. The van der Waals surface area contributed by atoms with E-state index in [0.29, 0.717) is 5.27 Å². The van der Waals surface area contributed by atoms with Crippen LogP contribution >= 0.6 is 17.6 Å². The molecular formula is C36H70BS2Si6Sn. The van der Waals surface area contributed by atoms with Gasteiger partial charge in [-0.1, -0.05) is 0 Å². The molecule has 0 saturated carbocycles. The molecule has 10 heteroatoms. The minimum absolute atomic E-state index is 0.621. The summed E-state index contributed by atoms with van der Waals surface area (Å²) in [7, 11) is -4.08. The van der Waals surface area contributed by atoms with E-state index in [-0.39, 0.29) is 0 Å². The zero-order chi connectivity index (χ0) is 35.7. The van der Waals surface area contributed by atoms with Crippen molar-refractivity contribution in [3.63, 3.8) is 0 Å². The summed E-state index contributed by atoms with van der Waals surface area (Å²) in [5, 5.41) is 2.96. The molecule has 0 nitrogen and oxygen atoms in total. The van der Waals surface area contributed by atoms with Crippen LogP contribution in [0.15, 0.2) is 24.3 Å². The molecule has 0 bridgehead atoms. The fraction of sp³-hybridized carbons (Fsp3) is 0.667. The molecule has 1 heterocycles. The van der Waals surface area contributed by atoms with E-state index < -0.39 is 65.4 Å². The predicted octanol–water partition coefficient (Wildman–Crippen LogP) is 11.7. The van der Waals surface area contributed by atoms with Gasteiger partial charge in [0.2, 0.25) is 0 Å². The van der Waals surface area contributed by atoms with Crippen molar-refractivity contribution >= 4 is 97.3 Å². The molecular weight excluding hydrogens is 795 g/mol. The van der Waals surface area contributed by atoms with Gasteiger partial charge in [-0.15, -0.1) is 0 Å². The van der Waals surface area contributed by atoms with Crippen LogP contribution in [0.3, 0.4) is 0 Å². The quantitative estimate of drug-likeness (QED) is 0.206. The molecule has 0 aliphatic carbocycles. The van der Waals surface area contributed by atoms with Gasteiger partial charge in [0.05, 0.1) is 0 Å². The molecule has 0 atom stereocenters. The third-order valence-corrected chi connectivity index (χ3v) is 60.4. The Hall–Kier alpha value is 1.30. The molecule has 1 aliphatic rings. The number of aryl methyl sites for hydroxylation is 3. The van der Waals surface area contributed by atoms with Gasteiger partial charge in [0.1, 0.15) is 0 Å². The van der Waals surface area contributed by atoms with E-state index in [1.807, 2.05) is 16.6 Å². The van der Waals surface area contributed by atoms with Crippen molar-refractivity contribution in [3.8, 4) is 0 Å². The third-order valence-electron chi connectivity index (χ3n) is 9.96. The first-order chi connectivity index (χ1) is 20.4. The molecule has 0 unspecified atom stereocenters. The van der Waals surface area contributed by atoms with E-state index in [2.05, 4.69) is 180 Å². The third kappa shape index (κ3) is 9.39. The number of rotatable bonds is 11. The van der Waals surface area contributed by atoms with Crippen LogP contribution < -0.4 is 9.04 Å². The maximum absolute atomic E-state index is 2.91. The van der Waals surface area contributed by atoms with Gasteiger partial charge in [-0.05, 0) is 0 Å². The summed E-state index contributed by atoms with van der Waals surface area (Å²) >= 11 is -1.86. The van der Waals surface area contributed by atoms with E-state index in [1.165, 1.54) is 5.56 Å². The molecule has 1 saturated heterocycles. The van der Waals surface area contributed by atoms with E-state index in [1.54, 1.807) is 20.3 Å². The van der Waals surface area contributed by atoms with Gasteiger partial charge in [0.25, 0.3) is 0 Å². The van der Waals surface area contributed by atoms with Crippen molar-refractivity contribution < 1.29 is 0 Å². The number of hydrogen-bond acceptors (Lipinski definition) is 2. The fourth-order valence-corrected chi connectivity index (χ4v) is 69.9. The Labute approximate surface area is 306 Å². The number of benzene rings is 2. The molecule has 46 heavy (non-hydrogen) atoms. The van der Waals surface area contributed by atoms with E-state index >= 15 is 0 Å². The van der Waals surface area contributed by atoms with Crippen LogP contribution in [0.25, 0.3) is 0 Å². The second-order valence-electron chi connectivity index (χ2n) is 21.2. The monoisotopic (exact) mass is 865 g/mol. The molecule has 0 N–H and O–H groups in total. The first kappa shape index (κ1) is 41.7. The average molecular weight is 865 g/mol. The van der Waals surface area contributed by atoms with Crippen molar-refractivity contribution in [1.82, 2.24) is 0 Å². The summed E-state index contributed by atoms with van der Waals surface area (Å²) in [5.74, 6) is 0. The molecule has 1 radical (unpaired) electrons. The van der Waals surface area contributed by atoms with Crippen LogP contribution in [0.5, 0.6) is 0 Å². The van der Waals surface area contributed by atoms with E-state index in [0.717, 1.165) is 15.5 Å². The second kappa shape index (κ2) is 14.0. The molecule has 0 amide bonds. The van der Waals surface area contributed by atoms with Crippen LogP contribution in [0.2, 0.25) is 118 Å². The summed E-state index contributed by atoms with van der Waals surface area (Å²) in [6.45, 7) is 55.6. The van der Waals surface area contributed by atoms with Crippen molar-refractivity contribution in [2.24, 2.45) is 0 Å². The van der Waals surface area contributed by atoms with Crippen molar-refractivity contribution in [3.05, 3.63) is 57.6 Å². The van der Waals surface area contributed by atoms with E-state index in [4.69, 9.17) is 0 Å². The topological polar surface area (TPSA) is 0 Å². The molecule has 3 rings (SSSR count). The van der Waals surface area contributed by atoms with Crippen molar-refractivity contribution in [1.29, 1.82) is 0 Å². The summed E-state index contributed by atoms with van der Waals surface area (Å²) < 4.78 is 1.79. The Morgan fingerprint density at radius 3 is 1.07 bits per heavy atom. The Morgan fingerprint density at radius 1 is 0.478 bits per heavy atom. The Morgan fingerprint density at radius 2 is 0.783 bits per heavy atom. The van der Waals surface area contributed by atoms with Crippen LogP contribution in [0.4, 0.5) is 0 Å². The Balaban J connectivity index is 2.51. The summed E-state index contributed by atoms with van der Waals surface area (Å²) in [6.07, 6.45) is 0. The van der Waals surface area contributed by atoms with Gasteiger partial charge in [-0.25, -0.2) is 0 Å². The van der Waals surface area contributed by atoms with E-state index in [9.17, 15) is 0 Å². The summed E-state index contributed by atoms with van der Waals surface area (Å²) in [4.78, 5) is 0. The fourth-order valence-electron chi connectivity index (χ4n) is 10.3. The van der Waals surface area contributed by atoms with Crippen LogP contribution in [0, 0.1) is 20.8 Å². The van der Waals surface area contributed by atoms with Crippen molar-refractivity contribution in [2.45, 2.75) is 154 Å². The minimum atomic E-state index is -1.86. The van der Waals surface area contributed by atoms with Gasteiger partial charge < -0.3 is 0 Å². The van der Waals surface area contributed by atoms with Gasteiger partial charge in [-0.2, -0.15) is 0 Å². The van der Waals surface area contributed by atoms with Crippen LogP contribution in [0.1, 0.15) is 48.9 Å².